The number of aliphatic hydroxyl groups excluding tert-OH is 3. The van der Waals surface area contributed by atoms with Crippen LogP contribution in [0.3, 0.4) is 0 Å². The number of hydrogen-bond acceptors (Lipinski definition) is 4. The molecule has 0 aromatic rings. The van der Waals surface area contributed by atoms with E-state index in [-0.39, 0.29) is 6.61 Å². The van der Waals surface area contributed by atoms with Crippen LogP contribution in [0.15, 0.2) is 36.5 Å². The second-order valence-electron chi connectivity index (χ2n) is 9.24. The molecule has 3 unspecified atom stereocenters. The van der Waals surface area contributed by atoms with E-state index in [4.69, 9.17) is 0 Å². The summed E-state index contributed by atoms with van der Waals surface area (Å²) in [6.45, 7) is 4.03. The number of hydrogen-bond donors (Lipinski definition) is 4. The number of amides is 1. The van der Waals surface area contributed by atoms with Gasteiger partial charge in [-0.1, -0.05) is 102 Å². The lowest BCUT2D eigenvalue weighted by Gasteiger charge is -2.21. The molecule has 0 saturated heterocycles. The van der Waals surface area contributed by atoms with Gasteiger partial charge in [-0.2, -0.15) is 0 Å². The third-order valence-electron chi connectivity index (χ3n) is 5.95. The van der Waals surface area contributed by atoms with Crippen molar-refractivity contribution in [1.82, 2.24) is 5.32 Å². The number of allylic oxidation sites excluding steroid dienone is 5. The molecule has 0 bridgehead atoms. The third kappa shape index (κ3) is 20.0. The molecule has 0 aliphatic heterocycles. The highest BCUT2D eigenvalue weighted by atomic mass is 16.3. The molecular weight excluding hydrogens is 426 g/mol. The van der Waals surface area contributed by atoms with Crippen LogP contribution in [0.1, 0.15) is 117 Å². The first-order valence-corrected chi connectivity index (χ1v) is 13.8. The van der Waals surface area contributed by atoms with E-state index in [0.717, 1.165) is 51.4 Å². The van der Waals surface area contributed by atoms with Crippen LogP contribution in [-0.4, -0.2) is 46.1 Å². The first kappa shape index (κ1) is 32.6. The normalized spacial score (nSPS) is 14.9. The summed E-state index contributed by atoms with van der Waals surface area (Å²) in [5.41, 5.74) is 0. The van der Waals surface area contributed by atoms with Crippen molar-refractivity contribution in [3.63, 3.8) is 0 Å². The molecule has 0 aromatic carbocycles. The average molecular weight is 480 g/mol. The van der Waals surface area contributed by atoms with Gasteiger partial charge in [-0.05, 0) is 51.4 Å². The van der Waals surface area contributed by atoms with Crippen LogP contribution in [0.25, 0.3) is 0 Å². The van der Waals surface area contributed by atoms with Crippen LogP contribution in [0, 0.1) is 0 Å². The molecule has 0 aromatic heterocycles. The van der Waals surface area contributed by atoms with Crippen molar-refractivity contribution in [3.8, 4) is 0 Å². The Balaban J connectivity index is 3.99. The Morgan fingerprint density at radius 3 is 1.85 bits per heavy atom. The molecule has 0 rings (SSSR count). The van der Waals surface area contributed by atoms with Crippen molar-refractivity contribution in [3.05, 3.63) is 36.5 Å². The van der Waals surface area contributed by atoms with Crippen molar-refractivity contribution in [2.75, 3.05) is 6.61 Å². The zero-order valence-corrected chi connectivity index (χ0v) is 22.0. The van der Waals surface area contributed by atoms with Gasteiger partial charge in [0.15, 0.2) is 0 Å². The number of carbonyl (C=O) groups excluding carboxylic acids is 1. The van der Waals surface area contributed by atoms with Crippen LogP contribution in [0.5, 0.6) is 0 Å². The summed E-state index contributed by atoms with van der Waals surface area (Å²) < 4.78 is 0. The maximum absolute atomic E-state index is 12.2. The monoisotopic (exact) mass is 479 g/mol. The topological polar surface area (TPSA) is 89.8 Å². The van der Waals surface area contributed by atoms with Gasteiger partial charge >= 0.3 is 0 Å². The molecular formula is C29H53NO4. The molecule has 0 saturated carbocycles. The summed E-state index contributed by atoms with van der Waals surface area (Å²) in [7, 11) is 0. The number of aliphatic hydroxyl groups is 3. The summed E-state index contributed by atoms with van der Waals surface area (Å²) in [6, 6.07) is -0.815. The molecule has 5 heteroatoms. The quantitative estimate of drug-likeness (QED) is 0.105. The van der Waals surface area contributed by atoms with E-state index in [1.54, 1.807) is 6.08 Å². The van der Waals surface area contributed by atoms with Crippen molar-refractivity contribution >= 4 is 5.91 Å². The highest BCUT2D eigenvalue weighted by molar-refractivity contribution is 5.80. The number of unbranched alkanes of at least 4 members (excludes halogenated alkanes) is 11. The molecule has 5 nitrogen and oxygen atoms in total. The minimum atomic E-state index is -1.11. The van der Waals surface area contributed by atoms with E-state index in [1.165, 1.54) is 44.9 Å². The highest BCUT2D eigenvalue weighted by Gasteiger charge is 2.22. The van der Waals surface area contributed by atoms with E-state index in [2.05, 4.69) is 43.5 Å². The first-order chi connectivity index (χ1) is 16.6. The Morgan fingerprint density at radius 1 is 0.706 bits per heavy atom. The lowest BCUT2D eigenvalue weighted by molar-refractivity contribution is -0.131. The molecule has 0 fully saturated rings. The SMILES string of the molecule is CCCC/C=C\CCCCCC(O)C(=O)NC(CO)C(O)/C=C/CC/C=C/CCCCCCC. The predicted molar refractivity (Wildman–Crippen MR) is 144 cm³/mol. The minimum Gasteiger partial charge on any atom is -0.394 e. The molecule has 4 N–H and O–H groups in total. The van der Waals surface area contributed by atoms with Crippen molar-refractivity contribution in [2.24, 2.45) is 0 Å². The first-order valence-electron chi connectivity index (χ1n) is 13.8. The van der Waals surface area contributed by atoms with Gasteiger partial charge in [-0.3, -0.25) is 4.79 Å². The maximum atomic E-state index is 12.2. The minimum absolute atomic E-state index is 0.383. The average Bonchev–Trinajstić information content (AvgIpc) is 2.84. The van der Waals surface area contributed by atoms with Gasteiger partial charge in [0.1, 0.15) is 6.10 Å². The number of rotatable bonds is 23. The van der Waals surface area contributed by atoms with E-state index < -0.39 is 24.2 Å². The van der Waals surface area contributed by atoms with E-state index in [9.17, 15) is 20.1 Å². The Kier molecular flexibility index (Phi) is 23.6. The summed E-state index contributed by atoms with van der Waals surface area (Å²) >= 11 is 0. The van der Waals surface area contributed by atoms with Gasteiger partial charge < -0.3 is 20.6 Å². The number of nitrogens with one attached hydrogen (secondary N) is 1. The highest BCUT2D eigenvalue weighted by Crippen LogP contribution is 2.09. The fourth-order valence-corrected chi connectivity index (χ4v) is 3.65. The Hall–Kier alpha value is -1.43. The van der Waals surface area contributed by atoms with Crippen LogP contribution in [0.2, 0.25) is 0 Å². The third-order valence-corrected chi connectivity index (χ3v) is 5.95. The van der Waals surface area contributed by atoms with Crippen LogP contribution in [-0.2, 0) is 4.79 Å². The predicted octanol–water partition coefficient (Wildman–Crippen LogP) is 6.14. The smallest absolute Gasteiger partial charge is 0.249 e. The molecule has 0 heterocycles. The summed E-state index contributed by atoms with van der Waals surface area (Å²) in [4.78, 5) is 12.2. The van der Waals surface area contributed by atoms with Crippen molar-refractivity contribution in [2.45, 2.75) is 135 Å². The van der Waals surface area contributed by atoms with Crippen molar-refractivity contribution < 1.29 is 20.1 Å². The standard InChI is InChI=1S/C29H53NO4/c1-3-5-7-9-11-13-14-16-17-19-21-23-27(32)26(25-31)30-29(34)28(33)24-22-20-18-15-12-10-8-6-4-2/h10,12,14,16,21,23,26-28,31-33H,3-9,11,13,15,17-20,22,24-25H2,1-2H3,(H,30,34)/b12-10-,16-14+,23-21+. The van der Waals surface area contributed by atoms with Crippen LogP contribution < -0.4 is 5.32 Å². The van der Waals surface area contributed by atoms with Gasteiger partial charge in [-0.15, -0.1) is 0 Å². The fraction of sp³-hybridized carbons (Fsp3) is 0.759. The summed E-state index contributed by atoms with van der Waals surface area (Å²) in [5.74, 6) is -0.534. The molecule has 3 atom stereocenters. The summed E-state index contributed by atoms with van der Waals surface area (Å²) in [6.07, 6.45) is 27.3. The molecule has 0 spiro atoms. The molecule has 198 valence electrons. The molecule has 1 amide bonds. The van der Waals surface area contributed by atoms with Gasteiger partial charge in [0.2, 0.25) is 5.91 Å². The van der Waals surface area contributed by atoms with Crippen LogP contribution >= 0.6 is 0 Å². The Labute approximate surface area is 209 Å². The zero-order valence-electron chi connectivity index (χ0n) is 22.0. The molecule has 0 aliphatic carbocycles. The zero-order chi connectivity index (χ0) is 25.3. The van der Waals surface area contributed by atoms with Gasteiger partial charge in [-0.25, -0.2) is 0 Å². The van der Waals surface area contributed by atoms with E-state index in [1.807, 2.05) is 6.08 Å². The fourth-order valence-electron chi connectivity index (χ4n) is 3.65. The lowest BCUT2D eigenvalue weighted by atomic mass is 10.1. The lowest BCUT2D eigenvalue weighted by Crippen LogP contribution is -2.48. The van der Waals surface area contributed by atoms with Crippen LogP contribution in [0.4, 0.5) is 0 Å². The molecule has 0 radical (unpaired) electrons. The second kappa shape index (κ2) is 24.7. The molecule has 0 aliphatic rings. The van der Waals surface area contributed by atoms with E-state index >= 15 is 0 Å². The summed E-state index contributed by atoms with van der Waals surface area (Å²) in [5, 5.41) is 32.5. The van der Waals surface area contributed by atoms with Gasteiger partial charge in [0.25, 0.3) is 0 Å². The number of carbonyl (C=O) groups is 1. The van der Waals surface area contributed by atoms with Crippen molar-refractivity contribution in [1.29, 1.82) is 0 Å². The maximum Gasteiger partial charge on any atom is 0.249 e. The Bertz CT molecular complexity index is 544. The van der Waals surface area contributed by atoms with E-state index in [0.29, 0.717) is 6.42 Å². The second-order valence-corrected chi connectivity index (χ2v) is 9.24. The van der Waals surface area contributed by atoms with Gasteiger partial charge in [0, 0.05) is 0 Å². The van der Waals surface area contributed by atoms with Gasteiger partial charge in [0.05, 0.1) is 18.8 Å². The largest absolute Gasteiger partial charge is 0.394 e. The molecule has 34 heavy (non-hydrogen) atoms. The Morgan fingerprint density at radius 2 is 1.24 bits per heavy atom.